The molecule has 2 N–H and O–H groups in total. The Morgan fingerprint density at radius 3 is 2.42 bits per heavy atom. The lowest BCUT2D eigenvalue weighted by molar-refractivity contribution is -0.386. The van der Waals surface area contributed by atoms with E-state index in [2.05, 4.69) is 0 Å². The van der Waals surface area contributed by atoms with Crippen molar-refractivity contribution < 1.29 is 9.72 Å². The van der Waals surface area contributed by atoms with Gasteiger partial charge < -0.3 is 10.3 Å². The Morgan fingerprint density at radius 2 is 2.00 bits per heavy atom. The summed E-state index contributed by atoms with van der Waals surface area (Å²) in [5, 5.41) is 11.1. The van der Waals surface area contributed by atoms with Gasteiger partial charge in [-0.2, -0.15) is 0 Å². The lowest BCUT2D eigenvalue weighted by Gasteiger charge is -2.13. The summed E-state index contributed by atoms with van der Waals surface area (Å²) in [5.74, 6) is -0.934. The zero-order chi connectivity index (χ0) is 14.7. The molecule has 0 atom stereocenters. The lowest BCUT2D eigenvalue weighted by atomic mass is 10.1. The first-order valence-electron chi connectivity index (χ1n) is 6.01. The van der Waals surface area contributed by atoms with Gasteiger partial charge in [-0.05, 0) is 20.3 Å². The van der Waals surface area contributed by atoms with Crippen LogP contribution in [-0.4, -0.2) is 15.4 Å². The quantitative estimate of drug-likeness (QED) is 0.640. The van der Waals surface area contributed by atoms with Gasteiger partial charge in [-0.3, -0.25) is 19.7 Å². The molecule has 1 aromatic heterocycles. The minimum Gasteiger partial charge on any atom is -0.365 e. The highest BCUT2D eigenvalue weighted by atomic mass is 16.6. The minimum atomic E-state index is -0.934. The Balaban J connectivity index is 3.69. The summed E-state index contributed by atoms with van der Waals surface area (Å²) in [5.41, 5.74) is 4.38. The molecule has 0 fully saturated rings. The van der Waals surface area contributed by atoms with Crippen molar-refractivity contribution >= 4 is 11.6 Å². The molecule has 0 aliphatic rings. The molecule has 0 spiro atoms. The van der Waals surface area contributed by atoms with Gasteiger partial charge in [0.1, 0.15) is 5.56 Å². The molecule has 0 radical (unpaired) electrons. The molecule has 19 heavy (non-hydrogen) atoms. The number of hydrogen-bond donors (Lipinski definition) is 1. The third kappa shape index (κ3) is 2.64. The molecular weight excluding hydrogens is 250 g/mol. The number of unbranched alkanes of at least 4 members (excludes halogenated alkanes) is 1. The molecule has 1 rings (SSSR count). The van der Waals surface area contributed by atoms with Crippen molar-refractivity contribution in [1.82, 2.24) is 4.57 Å². The number of amides is 1. The predicted molar refractivity (Wildman–Crippen MR) is 70.3 cm³/mol. The number of nitrogens with two attached hydrogens (primary N) is 1. The number of aromatic nitrogens is 1. The van der Waals surface area contributed by atoms with Gasteiger partial charge in [-0.15, -0.1) is 0 Å². The van der Waals surface area contributed by atoms with Crippen LogP contribution in [-0.2, 0) is 6.54 Å². The first-order chi connectivity index (χ1) is 8.82. The number of carbonyl (C=O) groups excluding carboxylic acids is 1. The Kier molecular flexibility index (Phi) is 4.42. The molecule has 1 amide bonds. The predicted octanol–water partition coefficient (Wildman–Crippen LogP) is 1.27. The van der Waals surface area contributed by atoms with E-state index >= 15 is 0 Å². The van der Waals surface area contributed by atoms with E-state index in [-0.39, 0.29) is 22.5 Å². The summed E-state index contributed by atoms with van der Waals surface area (Å²) in [6.45, 7) is 5.16. The van der Waals surface area contributed by atoms with Crippen LogP contribution in [0.4, 0.5) is 5.69 Å². The fourth-order valence-corrected chi connectivity index (χ4v) is 2.11. The smallest absolute Gasteiger partial charge is 0.292 e. The molecule has 1 aromatic rings. The van der Waals surface area contributed by atoms with Crippen LogP contribution in [0.2, 0.25) is 0 Å². The molecule has 7 heteroatoms. The maximum Gasteiger partial charge on any atom is 0.292 e. The number of rotatable bonds is 5. The van der Waals surface area contributed by atoms with Crippen LogP contribution >= 0.6 is 0 Å². The topological polar surface area (TPSA) is 108 Å². The van der Waals surface area contributed by atoms with Crippen LogP contribution in [0, 0.1) is 24.0 Å². The van der Waals surface area contributed by atoms with Crippen molar-refractivity contribution in [3.05, 3.63) is 37.3 Å². The van der Waals surface area contributed by atoms with Gasteiger partial charge in [-0.25, -0.2) is 0 Å². The molecule has 0 aliphatic carbocycles. The molecule has 0 aromatic carbocycles. The highest BCUT2D eigenvalue weighted by Gasteiger charge is 2.26. The van der Waals surface area contributed by atoms with E-state index in [0.29, 0.717) is 13.0 Å². The fraction of sp³-hybridized carbons (Fsp3) is 0.500. The van der Waals surface area contributed by atoms with Gasteiger partial charge in [0.15, 0.2) is 0 Å². The summed E-state index contributed by atoms with van der Waals surface area (Å²) >= 11 is 0. The van der Waals surface area contributed by atoms with Gasteiger partial charge in [-0.1, -0.05) is 13.3 Å². The summed E-state index contributed by atoms with van der Waals surface area (Å²) in [4.78, 5) is 34.0. The van der Waals surface area contributed by atoms with Crippen LogP contribution in [0.15, 0.2) is 4.79 Å². The second-order valence-electron chi connectivity index (χ2n) is 4.37. The monoisotopic (exact) mass is 267 g/mol. The number of carbonyl (C=O) groups is 1. The maximum absolute atomic E-state index is 12.2. The van der Waals surface area contributed by atoms with Crippen LogP contribution in [0.5, 0.6) is 0 Å². The average Bonchev–Trinajstić information content (AvgIpc) is 2.27. The zero-order valence-electron chi connectivity index (χ0n) is 11.2. The molecule has 0 saturated carbocycles. The van der Waals surface area contributed by atoms with E-state index in [1.165, 1.54) is 18.4 Å². The van der Waals surface area contributed by atoms with Crippen molar-refractivity contribution in [1.29, 1.82) is 0 Å². The van der Waals surface area contributed by atoms with Gasteiger partial charge in [0.2, 0.25) is 0 Å². The number of hydrogen-bond acceptors (Lipinski definition) is 4. The summed E-state index contributed by atoms with van der Waals surface area (Å²) < 4.78 is 1.26. The van der Waals surface area contributed by atoms with Crippen molar-refractivity contribution in [2.24, 2.45) is 5.73 Å². The largest absolute Gasteiger partial charge is 0.365 e. The molecular formula is C12H17N3O4. The third-order valence-electron chi connectivity index (χ3n) is 3.10. The number of nitrogens with zero attached hydrogens (tertiary/aromatic N) is 2. The molecule has 0 bridgehead atoms. The Morgan fingerprint density at radius 1 is 1.42 bits per heavy atom. The Bertz CT molecular complexity index is 590. The maximum atomic E-state index is 12.2. The van der Waals surface area contributed by atoms with Crippen LogP contribution in [0.25, 0.3) is 0 Å². The lowest BCUT2D eigenvalue weighted by Crippen LogP contribution is -2.33. The summed E-state index contributed by atoms with van der Waals surface area (Å²) in [6, 6.07) is 0. The molecule has 7 nitrogen and oxygen atoms in total. The van der Waals surface area contributed by atoms with Gasteiger partial charge >= 0.3 is 0 Å². The Labute approximate surface area is 110 Å². The van der Waals surface area contributed by atoms with Crippen molar-refractivity contribution in [2.45, 2.75) is 40.2 Å². The standard InChI is InChI=1S/C12H17N3O4/c1-4-5-6-14-8(3)10(15(18)19)7(2)9(11(13)16)12(14)17/h4-6H2,1-3H3,(H2,13,16). The summed E-state index contributed by atoms with van der Waals surface area (Å²) in [6.07, 6.45) is 1.53. The van der Waals surface area contributed by atoms with Crippen LogP contribution < -0.4 is 11.3 Å². The normalized spacial score (nSPS) is 10.5. The second-order valence-corrected chi connectivity index (χ2v) is 4.37. The molecule has 0 aliphatic heterocycles. The highest BCUT2D eigenvalue weighted by molar-refractivity contribution is 5.95. The second kappa shape index (κ2) is 5.64. The highest BCUT2D eigenvalue weighted by Crippen LogP contribution is 2.23. The third-order valence-corrected chi connectivity index (χ3v) is 3.10. The van der Waals surface area contributed by atoms with Crippen molar-refractivity contribution in [2.75, 3.05) is 0 Å². The van der Waals surface area contributed by atoms with E-state index in [4.69, 9.17) is 5.73 Å². The zero-order valence-corrected chi connectivity index (χ0v) is 11.2. The number of pyridine rings is 1. The number of primary amides is 1. The minimum absolute atomic E-state index is 0.0350. The van der Waals surface area contributed by atoms with Crippen LogP contribution in [0.3, 0.4) is 0 Å². The summed E-state index contributed by atoms with van der Waals surface area (Å²) in [7, 11) is 0. The van der Waals surface area contributed by atoms with Crippen molar-refractivity contribution in [3.63, 3.8) is 0 Å². The average molecular weight is 267 g/mol. The van der Waals surface area contributed by atoms with E-state index in [1.807, 2.05) is 6.92 Å². The molecule has 1 heterocycles. The van der Waals surface area contributed by atoms with Crippen LogP contribution in [0.1, 0.15) is 41.4 Å². The van der Waals surface area contributed by atoms with Gasteiger partial charge in [0.25, 0.3) is 17.2 Å². The van der Waals surface area contributed by atoms with Crippen molar-refractivity contribution in [3.8, 4) is 0 Å². The fourth-order valence-electron chi connectivity index (χ4n) is 2.11. The number of nitro groups is 1. The molecule has 0 unspecified atom stereocenters. The van der Waals surface area contributed by atoms with Gasteiger partial charge in [0, 0.05) is 12.1 Å². The van der Waals surface area contributed by atoms with Gasteiger partial charge in [0.05, 0.1) is 10.6 Å². The van der Waals surface area contributed by atoms with E-state index < -0.39 is 16.4 Å². The molecule has 104 valence electrons. The SMILES string of the molecule is CCCCn1c(C)c([N+](=O)[O-])c(C)c(C(N)=O)c1=O. The van der Waals surface area contributed by atoms with E-state index in [0.717, 1.165) is 6.42 Å². The molecule has 0 saturated heterocycles. The first-order valence-corrected chi connectivity index (χ1v) is 6.01. The van der Waals surface area contributed by atoms with E-state index in [1.54, 1.807) is 0 Å². The van der Waals surface area contributed by atoms with E-state index in [9.17, 15) is 19.7 Å². The Hall–Kier alpha value is -2.18. The first kappa shape index (κ1) is 14.9.